The Morgan fingerprint density at radius 2 is 2.06 bits per heavy atom. The van der Waals surface area contributed by atoms with Crippen molar-refractivity contribution in [2.45, 2.75) is 64.3 Å². The van der Waals surface area contributed by atoms with Gasteiger partial charge >= 0.3 is 0 Å². The highest BCUT2D eigenvalue weighted by Gasteiger charge is 2.20. The first-order chi connectivity index (χ1) is 7.75. The summed E-state index contributed by atoms with van der Waals surface area (Å²) in [6, 6.07) is 0.449. The van der Waals surface area contributed by atoms with E-state index in [1.165, 1.54) is 25.7 Å². The maximum atomic E-state index is 12.0. The molecule has 0 aromatic heterocycles. The summed E-state index contributed by atoms with van der Waals surface area (Å²) in [5, 5.41) is 0. The fourth-order valence-corrected chi connectivity index (χ4v) is 2.39. The van der Waals surface area contributed by atoms with Crippen LogP contribution >= 0.6 is 0 Å². The van der Waals surface area contributed by atoms with Crippen LogP contribution in [-0.2, 0) is 4.79 Å². The monoisotopic (exact) mass is 226 g/mol. The third kappa shape index (κ3) is 4.52. The molecule has 1 heterocycles. The molecule has 1 fully saturated rings. The third-order valence-electron chi connectivity index (χ3n) is 3.47. The van der Waals surface area contributed by atoms with Gasteiger partial charge in [0.1, 0.15) is 0 Å². The van der Waals surface area contributed by atoms with Crippen LogP contribution in [0.2, 0.25) is 0 Å². The van der Waals surface area contributed by atoms with E-state index in [2.05, 4.69) is 11.8 Å². The van der Waals surface area contributed by atoms with E-state index in [4.69, 9.17) is 5.73 Å². The predicted molar refractivity (Wildman–Crippen MR) is 67.2 cm³/mol. The quantitative estimate of drug-likeness (QED) is 0.731. The fourth-order valence-electron chi connectivity index (χ4n) is 2.39. The number of amides is 1. The molecule has 1 atom stereocenters. The zero-order valence-corrected chi connectivity index (χ0v) is 10.6. The molecule has 0 radical (unpaired) electrons. The SMILES string of the molecule is CC1CCCCCN1C(=O)CCCCCN. The standard InChI is InChI=1S/C13H26N2O/c1-12-8-4-3-7-11-15(12)13(16)9-5-2-6-10-14/h12H,2-11,14H2,1H3. The Hall–Kier alpha value is -0.570. The van der Waals surface area contributed by atoms with E-state index in [1.54, 1.807) is 0 Å². The highest BCUT2D eigenvalue weighted by atomic mass is 16.2. The second-order valence-corrected chi connectivity index (χ2v) is 4.88. The molecule has 2 N–H and O–H groups in total. The molecule has 0 aliphatic carbocycles. The van der Waals surface area contributed by atoms with Gasteiger partial charge in [0.05, 0.1) is 0 Å². The number of hydrogen-bond acceptors (Lipinski definition) is 2. The molecule has 16 heavy (non-hydrogen) atoms. The lowest BCUT2D eigenvalue weighted by Crippen LogP contribution is -2.38. The lowest BCUT2D eigenvalue weighted by Gasteiger charge is -2.27. The van der Waals surface area contributed by atoms with Crippen LogP contribution in [0.4, 0.5) is 0 Å². The van der Waals surface area contributed by atoms with Gasteiger partial charge in [0, 0.05) is 19.0 Å². The number of nitrogens with zero attached hydrogens (tertiary/aromatic N) is 1. The molecular formula is C13H26N2O. The van der Waals surface area contributed by atoms with Gasteiger partial charge in [-0.1, -0.05) is 19.3 Å². The maximum Gasteiger partial charge on any atom is 0.222 e. The van der Waals surface area contributed by atoms with E-state index in [1.807, 2.05) is 0 Å². The summed E-state index contributed by atoms with van der Waals surface area (Å²) in [6.07, 6.45) is 8.75. The van der Waals surface area contributed by atoms with E-state index >= 15 is 0 Å². The van der Waals surface area contributed by atoms with Gasteiger partial charge in [-0.15, -0.1) is 0 Å². The number of likely N-dealkylation sites (tertiary alicyclic amines) is 1. The summed E-state index contributed by atoms with van der Waals surface area (Å²) >= 11 is 0. The molecule has 3 heteroatoms. The normalized spacial score (nSPS) is 21.9. The maximum absolute atomic E-state index is 12.0. The van der Waals surface area contributed by atoms with Crippen LogP contribution in [0.1, 0.15) is 58.3 Å². The van der Waals surface area contributed by atoms with Crippen LogP contribution in [0.25, 0.3) is 0 Å². The summed E-state index contributed by atoms with van der Waals surface area (Å²) in [4.78, 5) is 14.1. The fraction of sp³-hybridized carbons (Fsp3) is 0.923. The topological polar surface area (TPSA) is 46.3 Å². The summed E-state index contributed by atoms with van der Waals surface area (Å²) in [5.74, 6) is 0.353. The van der Waals surface area contributed by atoms with Crippen molar-refractivity contribution in [1.82, 2.24) is 4.90 Å². The summed E-state index contributed by atoms with van der Waals surface area (Å²) in [7, 11) is 0. The molecule has 94 valence electrons. The number of nitrogens with two attached hydrogens (primary N) is 1. The second-order valence-electron chi connectivity index (χ2n) is 4.88. The summed E-state index contributed by atoms with van der Waals surface area (Å²) < 4.78 is 0. The van der Waals surface area contributed by atoms with Crippen molar-refractivity contribution in [1.29, 1.82) is 0 Å². The zero-order chi connectivity index (χ0) is 11.8. The van der Waals surface area contributed by atoms with Crippen molar-refractivity contribution in [3.8, 4) is 0 Å². The number of carbonyl (C=O) groups is 1. The van der Waals surface area contributed by atoms with Crippen molar-refractivity contribution >= 4 is 5.91 Å². The van der Waals surface area contributed by atoms with Gasteiger partial charge in [-0.3, -0.25) is 4.79 Å². The molecule has 1 saturated heterocycles. The van der Waals surface area contributed by atoms with Crippen molar-refractivity contribution in [3.05, 3.63) is 0 Å². The van der Waals surface area contributed by atoms with Crippen LogP contribution in [0.5, 0.6) is 0 Å². The van der Waals surface area contributed by atoms with Gasteiger partial charge in [0.25, 0.3) is 0 Å². The minimum Gasteiger partial charge on any atom is -0.340 e. The van der Waals surface area contributed by atoms with E-state index in [0.717, 1.165) is 32.4 Å². The molecule has 1 rings (SSSR count). The van der Waals surface area contributed by atoms with E-state index < -0.39 is 0 Å². The average molecular weight is 226 g/mol. The van der Waals surface area contributed by atoms with Crippen molar-refractivity contribution in [3.63, 3.8) is 0 Å². The van der Waals surface area contributed by atoms with Gasteiger partial charge < -0.3 is 10.6 Å². The number of hydrogen-bond donors (Lipinski definition) is 1. The van der Waals surface area contributed by atoms with Crippen LogP contribution in [-0.4, -0.2) is 29.9 Å². The second kappa shape index (κ2) is 7.66. The molecule has 3 nitrogen and oxygen atoms in total. The van der Waals surface area contributed by atoms with Gasteiger partial charge in [-0.2, -0.15) is 0 Å². The highest BCUT2D eigenvalue weighted by Crippen LogP contribution is 2.17. The minimum absolute atomic E-state index is 0.353. The molecular weight excluding hydrogens is 200 g/mol. The summed E-state index contributed by atoms with van der Waals surface area (Å²) in [6.45, 7) is 3.90. The Morgan fingerprint density at radius 1 is 1.25 bits per heavy atom. The molecule has 0 bridgehead atoms. The van der Waals surface area contributed by atoms with Gasteiger partial charge in [0.15, 0.2) is 0 Å². The van der Waals surface area contributed by atoms with Crippen LogP contribution < -0.4 is 5.73 Å². The first-order valence-corrected chi connectivity index (χ1v) is 6.75. The first-order valence-electron chi connectivity index (χ1n) is 6.75. The van der Waals surface area contributed by atoms with Crippen molar-refractivity contribution in [2.75, 3.05) is 13.1 Å². The Balaban J connectivity index is 2.27. The van der Waals surface area contributed by atoms with Crippen molar-refractivity contribution in [2.24, 2.45) is 5.73 Å². The van der Waals surface area contributed by atoms with E-state index in [0.29, 0.717) is 18.4 Å². The number of carbonyl (C=O) groups excluding carboxylic acids is 1. The molecule has 1 amide bonds. The van der Waals surface area contributed by atoms with Gasteiger partial charge in [0.2, 0.25) is 5.91 Å². The number of unbranched alkanes of at least 4 members (excludes halogenated alkanes) is 2. The lowest BCUT2D eigenvalue weighted by molar-refractivity contribution is -0.133. The smallest absolute Gasteiger partial charge is 0.222 e. The largest absolute Gasteiger partial charge is 0.340 e. The molecule has 1 unspecified atom stereocenters. The number of rotatable bonds is 5. The van der Waals surface area contributed by atoms with E-state index in [-0.39, 0.29) is 0 Å². The Kier molecular flexibility index (Phi) is 6.46. The van der Waals surface area contributed by atoms with Gasteiger partial charge in [-0.25, -0.2) is 0 Å². The molecule has 1 aliphatic rings. The highest BCUT2D eigenvalue weighted by molar-refractivity contribution is 5.76. The molecule has 0 spiro atoms. The van der Waals surface area contributed by atoms with Crippen LogP contribution in [0, 0.1) is 0 Å². The Morgan fingerprint density at radius 3 is 2.81 bits per heavy atom. The zero-order valence-electron chi connectivity index (χ0n) is 10.6. The molecule has 1 aliphatic heterocycles. The molecule has 0 saturated carbocycles. The minimum atomic E-state index is 0.353. The molecule has 0 aromatic rings. The molecule has 0 aromatic carbocycles. The van der Waals surface area contributed by atoms with Crippen LogP contribution in [0.15, 0.2) is 0 Å². The first kappa shape index (κ1) is 13.5. The van der Waals surface area contributed by atoms with Gasteiger partial charge in [-0.05, 0) is 39.2 Å². The Labute approximate surface area is 99.4 Å². The van der Waals surface area contributed by atoms with Crippen molar-refractivity contribution < 1.29 is 4.79 Å². The lowest BCUT2D eigenvalue weighted by atomic mass is 10.1. The van der Waals surface area contributed by atoms with Crippen LogP contribution in [0.3, 0.4) is 0 Å². The predicted octanol–water partition coefficient (Wildman–Crippen LogP) is 2.30. The Bertz CT molecular complexity index is 206. The van der Waals surface area contributed by atoms with E-state index in [9.17, 15) is 4.79 Å². The third-order valence-corrected chi connectivity index (χ3v) is 3.47. The average Bonchev–Trinajstić information content (AvgIpc) is 2.49. The summed E-state index contributed by atoms with van der Waals surface area (Å²) in [5.41, 5.74) is 5.44.